The number of carbonyl (C=O) groups is 3. The Morgan fingerprint density at radius 2 is 1.91 bits per heavy atom. The minimum atomic E-state index is -0.746. The molecule has 23 heavy (non-hydrogen) atoms. The zero-order chi connectivity index (χ0) is 16.6. The number of halogens is 1. The number of carbonyl (C=O) groups excluding carboxylic acids is 3. The third-order valence-electron chi connectivity index (χ3n) is 3.75. The lowest BCUT2D eigenvalue weighted by atomic mass is 10.2. The minimum absolute atomic E-state index is 0.332. The SMILES string of the molecule is CC1C(=O)N(CC(=O)c2ccc[nH]2)C(=O)N1c1ccc(F)cc1. The van der Waals surface area contributed by atoms with Crippen LogP contribution in [-0.2, 0) is 4.79 Å². The van der Waals surface area contributed by atoms with Gasteiger partial charge in [0, 0.05) is 11.9 Å². The number of ketones is 1. The van der Waals surface area contributed by atoms with Gasteiger partial charge in [0.1, 0.15) is 11.9 Å². The molecule has 7 heteroatoms. The van der Waals surface area contributed by atoms with E-state index in [-0.39, 0.29) is 12.3 Å². The normalized spacial score (nSPS) is 17.9. The lowest BCUT2D eigenvalue weighted by Crippen LogP contribution is -2.37. The number of urea groups is 1. The average molecular weight is 315 g/mol. The molecule has 0 spiro atoms. The van der Waals surface area contributed by atoms with Crippen LogP contribution in [0, 0.1) is 5.82 Å². The van der Waals surface area contributed by atoms with Gasteiger partial charge in [0.25, 0.3) is 5.91 Å². The van der Waals surface area contributed by atoms with Crippen molar-refractivity contribution in [2.24, 2.45) is 0 Å². The lowest BCUT2D eigenvalue weighted by Gasteiger charge is -2.19. The number of imide groups is 1. The summed E-state index contributed by atoms with van der Waals surface area (Å²) in [4.78, 5) is 41.8. The summed E-state index contributed by atoms with van der Waals surface area (Å²) in [5.74, 6) is -1.25. The van der Waals surface area contributed by atoms with Gasteiger partial charge in [-0.25, -0.2) is 9.18 Å². The summed E-state index contributed by atoms with van der Waals surface area (Å²) in [5, 5.41) is 0. The number of aromatic nitrogens is 1. The topological polar surface area (TPSA) is 73.5 Å². The van der Waals surface area contributed by atoms with Gasteiger partial charge in [0.2, 0.25) is 0 Å². The molecule has 1 unspecified atom stereocenters. The van der Waals surface area contributed by atoms with Crippen LogP contribution >= 0.6 is 0 Å². The summed E-state index contributed by atoms with van der Waals surface area (Å²) < 4.78 is 13.0. The fraction of sp³-hybridized carbons (Fsp3) is 0.188. The molecule has 1 fully saturated rings. The molecule has 2 aromatic rings. The predicted molar refractivity (Wildman–Crippen MR) is 80.6 cm³/mol. The number of rotatable bonds is 4. The number of Topliss-reactive ketones (excluding diaryl/α,β-unsaturated/α-hetero) is 1. The van der Waals surface area contributed by atoms with Crippen LogP contribution < -0.4 is 4.90 Å². The summed E-state index contributed by atoms with van der Waals surface area (Å²) in [6.45, 7) is 1.24. The van der Waals surface area contributed by atoms with Gasteiger partial charge >= 0.3 is 6.03 Å². The van der Waals surface area contributed by atoms with Crippen LogP contribution in [0.4, 0.5) is 14.9 Å². The van der Waals surface area contributed by atoms with Crippen molar-refractivity contribution in [3.05, 3.63) is 54.1 Å². The van der Waals surface area contributed by atoms with E-state index in [4.69, 9.17) is 0 Å². The molecule has 118 valence electrons. The highest BCUT2D eigenvalue weighted by atomic mass is 19.1. The van der Waals surface area contributed by atoms with E-state index < -0.39 is 23.8 Å². The number of anilines is 1. The van der Waals surface area contributed by atoms with Gasteiger partial charge in [0.15, 0.2) is 5.78 Å². The first-order valence-electron chi connectivity index (χ1n) is 7.06. The average Bonchev–Trinajstić information content (AvgIpc) is 3.13. The van der Waals surface area contributed by atoms with Crippen LogP contribution in [-0.4, -0.2) is 40.2 Å². The number of hydrogen-bond donors (Lipinski definition) is 1. The van der Waals surface area contributed by atoms with Crippen molar-refractivity contribution in [3.63, 3.8) is 0 Å². The standard InChI is InChI=1S/C16H14FN3O3/c1-10-15(22)19(9-14(21)13-3-2-8-18-13)16(23)20(10)12-6-4-11(17)5-7-12/h2-8,10,18H,9H2,1H3. The zero-order valence-corrected chi connectivity index (χ0v) is 12.3. The second-order valence-corrected chi connectivity index (χ2v) is 5.24. The molecule has 1 aromatic carbocycles. The van der Waals surface area contributed by atoms with Crippen molar-refractivity contribution in [1.82, 2.24) is 9.88 Å². The summed E-state index contributed by atoms with van der Waals surface area (Å²) in [5.41, 5.74) is 0.741. The Balaban J connectivity index is 1.83. The summed E-state index contributed by atoms with van der Waals surface area (Å²) in [6, 6.07) is 7.18. The highest BCUT2D eigenvalue weighted by molar-refractivity contribution is 6.16. The Hall–Kier alpha value is -2.96. The monoisotopic (exact) mass is 315 g/mol. The number of H-pyrrole nitrogens is 1. The van der Waals surface area contributed by atoms with E-state index in [0.29, 0.717) is 11.4 Å². The molecule has 1 saturated heterocycles. The third-order valence-corrected chi connectivity index (χ3v) is 3.75. The molecule has 6 nitrogen and oxygen atoms in total. The highest BCUT2D eigenvalue weighted by Gasteiger charge is 2.44. The Bertz CT molecular complexity index is 755. The maximum absolute atomic E-state index is 13.0. The van der Waals surface area contributed by atoms with Crippen molar-refractivity contribution >= 4 is 23.4 Å². The van der Waals surface area contributed by atoms with Crippen LogP contribution in [0.15, 0.2) is 42.6 Å². The van der Waals surface area contributed by atoms with E-state index in [2.05, 4.69) is 4.98 Å². The lowest BCUT2D eigenvalue weighted by molar-refractivity contribution is -0.126. The largest absolute Gasteiger partial charge is 0.359 e. The first-order valence-corrected chi connectivity index (χ1v) is 7.06. The maximum Gasteiger partial charge on any atom is 0.332 e. The van der Waals surface area contributed by atoms with Gasteiger partial charge in [-0.3, -0.25) is 19.4 Å². The zero-order valence-electron chi connectivity index (χ0n) is 12.3. The highest BCUT2D eigenvalue weighted by Crippen LogP contribution is 2.26. The van der Waals surface area contributed by atoms with E-state index in [1.807, 2.05) is 0 Å². The maximum atomic E-state index is 13.0. The van der Waals surface area contributed by atoms with Gasteiger partial charge in [0.05, 0.1) is 12.2 Å². The molecular weight excluding hydrogens is 301 g/mol. The van der Waals surface area contributed by atoms with Crippen LogP contribution in [0.25, 0.3) is 0 Å². The Morgan fingerprint density at radius 1 is 1.22 bits per heavy atom. The fourth-order valence-electron chi connectivity index (χ4n) is 2.54. The molecule has 0 saturated carbocycles. The molecule has 0 radical (unpaired) electrons. The molecule has 2 heterocycles. The first-order chi connectivity index (χ1) is 11.0. The van der Waals surface area contributed by atoms with Crippen molar-refractivity contribution in [2.45, 2.75) is 13.0 Å². The number of aromatic amines is 1. The quantitative estimate of drug-likeness (QED) is 0.694. The summed E-state index contributed by atoms with van der Waals surface area (Å²) >= 11 is 0. The predicted octanol–water partition coefficient (Wildman–Crippen LogP) is 2.19. The molecule has 1 N–H and O–H groups in total. The molecule has 1 aliphatic rings. The molecular formula is C16H14FN3O3. The van der Waals surface area contributed by atoms with Crippen LogP contribution in [0.2, 0.25) is 0 Å². The van der Waals surface area contributed by atoms with Gasteiger partial charge in [-0.15, -0.1) is 0 Å². The number of benzene rings is 1. The van der Waals surface area contributed by atoms with Crippen LogP contribution in [0.1, 0.15) is 17.4 Å². The molecule has 3 rings (SSSR count). The van der Waals surface area contributed by atoms with Gasteiger partial charge in [-0.2, -0.15) is 0 Å². The van der Waals surface area contributed by atoms with Crippen molar-refractivity contribution in [1.29, 1.82) is 0 Å². The smallest absolute Gasteiger partial charge is 0.332 e. The molecule has 0 aliphatic carbocycles. The van der Waals surface area contributed by atoms with E-state index >= 15 is 0 Å². The second kappa shape index (κ2) is 5.68. The van der Waals surface area contributed by atoms with Gasteiger partial charge < -0.3 is 4.98 Å². The second-order valence-electron chi connectivity index (χ2n) is 5.24. The first kappa shape index (κ1) is 15.0. The molecule has 0 bridgehead atoms. The molecule has 3 amide bonds. The molecule has 1 atom stereocenters. The number of nitrogens with one attached hydrogen (secondary N) is 1. The third kappa shape index (κ3) is 2.61. The number of hydrogen-bond acceptors (Lipinski definition) is 3. The Kier molecular flexibility index (Phi) is 3.69. The van der Waals surface area contributed by atoms with Crippen molar-refractivity contribution < 1.29 is 18.8 Å². The molecule has 1 aromatic heterocycles. The Morgan fingerprint density at radius 3 is 2.52 bits per heavy atom. The van der Waals surface area contributed by atoms with E-state index in [0.717, 1.165) is 4.90 Å². The summed E-state index contributed by atoms with van der Waals surface area (Å²) in [7, 11) is 0. The van der Waals surface area contributed by atoms with Crippen molar-refractivity contribution in [2.75, 3.05) is 11.4 Å². The number of amides is 3. The van der Waals surface area contributed by atoms with Crippen LogP contribution in [0.3, 0.4) is 0 Å². The van der Waals surface area contributed by atoms with E-state index in [1.165, 1.54) is 29.2 Å². The van der Waals surface area contributed by atoms with Crippen LogP contribution in [0.5, 0.6) is 0 Å². The minimum Gasteiger partial charge on any atom is -0.359 e. The van der Waals surface area contributed by atoms with E-state index in [1.54, 1.807) is 25.3 Å². The Labute approximate surface area is 131 Å². The van der Waals surface area contributed by atoms with Gasteiger partial charge in [-0.1, -0.05) is 0 Å². The molecule has 1 aliphatic heterocycles. The number of nitrogens with zero attached hydrogens (tertiary/aromatic N) is 2. The van der Waals surface area contributed by atoms with Gasteiger partial charge in [-0.05, 0) is 43.3 Å². The summed E-state index contributed by atoms with van der Waals surface area (Å²) in [6.07, 6.45) is 1.59. The fourth-order valence-corrected chi connectivity index (χ4v) is 2.54. The van der Waals surface area contributed by atoms with E-state index in [9.17, 15) is 18.8 Å². The van der Waals surface area contributed by atoms with Crippen molar-refractivity contribution in [3.8, 4) is 0 Å².